The van der Waals surface area contributed by atoms with E-state index in [0.29, 0.717) is 50.0 Å². The van der Waals surface area contributed by atoms with Crippen molar-refractivity contribution in [2.75, 3.05) is 40.4 Å². The summed E-state index contributed by atoms with van der Waals surface area (Å²) in [4.78, 5) is 30.6. The van der Waals surface area contributed by atoms with Crippen molar-refractivity contribution in [3.05, 3.63) is 46.2 Å². The molecular formula is C22H26N2O4S. The van der Waals surface area contributed by atoms with Crippen molar-refractivity contribution in [1.82, 2.24) is 9.80 Å². The quantitative estimate of drug-likeness (QED) is 0.729. The number of piperazine rings is 1. The van der Waals surface area contributed by atoms with Crippen LogP contribution in [0.15, 0.2) is 35.7 Å². The van der Waals surface area contributed by atoms with Gasteiger partial charge in [-0.25, -0.2) is 0 Å². The Balaban J connectivity index is 1.28. The second-order valence-corrected chi connectivity index (χ2v) is 8.52. The van der Waals surface area contributed by atoms with Crippen LogP contribution in [0.3, 0.4) is 0 Å². The third-order valence-corrected chi connectivity index (χ3v) is 6.77. The standard InChI is InChI=1S/C22H26N2O4S/c1-27-18-6-5-15(12-19(18)28-2)13-21(25)23-7-9-24(10-8-23)22(26)17-14-16(17)20-4-3-11-29-20/h3-6,11-12,16-17H,7-10,13-14H2,1-2H3. The molecule has 6 nitrogen and oxygen atoms in total. The molecule has 2 unspecified atom stereocenters. The van der Waals surface area contributed by atoms with Crippen LogP contribution in [-0.2, 0) is 16.0 Å². The fourth-order valence-corrected chi connectivity index (χ4v) is 4.88. The monoisotopic (exact) mass is 414 g/mol. The molecule has 1 aliphatic carbocycles. The molecule has 1 aromatic heterocycles. The minimum Gasteiger partial charge on any atom is -0.493 e. The van der Waals surface area contributed by atoms with Crippen molar-refractivity contribution >= 4 is 23.2 Å². The maximum absolute atomic E-state index is 12.8. The fraction of sp³-hybridized carbons (Fsp3) is 0.455. The number of carbonyl (C=O) groups is 2. The van der Waals surface area contributed by atoms with Crippen molar-refractivity contribution in [3.63, 3.8) is 0 Å². The van der Waals surface area contributed by atoms with E-state index in [4.69, 9.17) is 9.47 Å². The third-order valence-electron chi connectivity index (χ3n) is 5.76. The number of hydrogen-bond acceptors (Lipinski definition) is 5. The SMILES string of the molecule is COc1ccc(CC(=O)N2CCN(C(=O)C3CC3c3cccs3)CC2)cc1OC. The molecule has 0 radical (unpaired) electrons. The Kier molecular flexibility index (Phi) is 5.76. The predicted molar refractivity (Wildman–Crippen MR) is 112 cm³/mol. The zero-order chi connectivity index (χ0) is 20.4. The van der Waals surface area contributed by atoms with E-state index in [-0.39, 0.29) is 17.7 Å². The molecule has 1 saturated heterocycles. The van der Waals surface area contributed by atoms with Gasteiger partial charge in [0.15, 0.2) is 11.5 Å². The summed E-state index contributed by atoms with van der Waals surface area (Å²) in [6.45, 7) is 2.41. The average molecular weight is 415 g/mol. The van der Waals surface area contributed by atoms with E-state index in [1.165, 1.54) is 4.88 Å². The predicted octanol–water partition coefficient (Wildman–Crippen LogP) is 2.78. The zero-order valence-electron chi connectivity index (χ0n) is 16.8. The number of rotatable bonds is 6. The van der Waals surface area contributed by atoms with Crippen molar-refractivity contribution in [1.29, 1.82) is 0 Å². The molecule has 0 spiro atoms. The van der Waals surface area contributed by atoms with Crippen molar-refractivity contribution in [3.8, 4) is 11.5 Å². The summed E-state index contributed by atoms with van der Waals surface area (Å²) in [5, 5.41) is 2.07. The summed E-state index contributed by atoms with van der Waals surface area (Å²) in [5.41, 5.74) is 0.892. The van der Waals surface area contributed by atoms with E-state index in [1.54, 1.807) is 25.6 Å². The van der Waals surface area contributed by atoms with Gasteiger partial charge in [-0.3, -0.25) is 9.59 Å². The maximum atomic E-state index is 12.8. The second kappa shape index (κ2) is 8.45. The number of benzene rings is 1. The molecule has 1 aromatic carbocycles. The van der Waals surface area contributed by atoms with Crippen molar-refractivity contribution < 1.29 is 19.1 Å². The van der Waals surface area contributed by atoms with Crippen LogP contribution in [0.4, 0.5) is 0 Å². The molecule has 1 aliphatic heterocycles. The number of methoxy groups -OCH3 is 2. The summed E-state index contributed by atoms with van der Waals surface area (Å²) < 4.78 is 10.6. The molecule has 1 saturated carbocycles. The summed E-state index contributed by atoms with van der Waals surface area (Å²) in [7, 11) is 3.18. The number of nitrogens with zero attached hydrogens (tertiary/aromatic N) is 2. The van der Waals surface area contributed by atoms with Crippen LogP contribution in [0.5, 0.6) is 11.5 Å². The molecule has 2 fully saturated rings. The molecule has 2 aliphatic rings. The molecule has 7 heteroatoms. The smallest absolute Gasteiger partial charge is 0.227 e. The first-order valence-electron chi connectivity index (χ1n) is 9.91. The lowest BCUT2D eigenvalue weighted by atomic mass is 10.1. The van der Waals surface area contributed by atoms with Crippen LogP contribution < -0.4 is 9.47 Å². The Morgan fingerprint density at radius 3 is 2.41 bits per heavy atom. The third kappa shape index (κ3) is 4.24. The molecule has 2 aromatic rings. The number of hydrogen-bond donors (Lipinski definition) is 0. The first-order chi connectivity index (χ1) is 14.1. The molecule has 29 heavy (non-hydrogen) atoms. The van der Waals surface area contributed by atoms with Gasteiger partial charge >= 0.3 is 0 Å². The van der Waals surface area contributed by atoms with Crippen LogP contribution in [0.1, 0.15) is 22.8 Å². The molecule has 0 bridgehead atoms. The first-order valence-corrected chi connectivity index (χ1v) is 10.8. The molecule has 2 amide bonds. The van der Waals surface area contributed by atoms with E-state index in [0.717, 1.165) is 12.0 Å². The van der Waals surface area contributed by atoms with E-state index in [2.05, 4.69) is 11.4 Å². The molecule has 2 heterocycles. The summed E-state index contributed by atoms with van der Waals surface area (Å²) in [6.07, 6.45) is 1.27. The first kappa shape index (κ1) is 19.8. The second-order valence-electron chi connectivity index (χ2n) is 7.54. The van der Waals surface area contributed by atoms with Gasteiger partial charge in [-0.15, -0.1) is 11.3 Å². The van der Waals surface area contributed by atoms with Gasteiger partial charge in [-0.2, -0.15) is 0 Å². The van der Waals surface area contributed by atoms with Gasteiger partial charge in [0.1, 0.15) is 0 Å². The molecule has 4 rings (SSSR count). The lowest BCUT2D eigenvalue weighted by Crippen LogP contribution is -2.51. The fourth-order valence-electron chi connectivity index (χ4n) is 3.97. The number of thiophene rings is 1. The number of ether oxygens (including phenoxy) is 2. The minimum absolute atomic E-state index is 0.0761. The molecule has 0 N–H and O–H groups in total. The van der Waals surface area contributed by atoms with Gasteiger partial charge < -0.3 is 19.3 Å². The van der Waals surface area contributed by atoms with Crippen LogP contribution in [0.25, 0.3) is 0 Å². The summed E-state index contributed by atoms with van der Waals surface area (Å²) in [5.74, 6) is 2.12. The summed E-state index contributed by atoms with van der Waals surface area (Å²) in [6, 6.07) is 9.71. The van der Waals surface area contributed by atoms with Gasteiger partial charge in [-0.05, 0) is 35.6 Å². The lowest BCUT2D eigenvalue weighted by molar-refractivity contribution is -0.140. The Labute approximate surface area is 175 Å². The van der Waals surface area contributed by atoms with Crippen LogP contribution in [-0.4, -0.2) is 62.0 Å². The molecule has 2 atom stereocenters. The highest BCUT2D eigenvalue weighted by molar-refractivity contribution is 7.10. The van der Waals surface area contributed by atoms with Crippen molar-refractivity contribution in [2.45, 2.75) is 18.8 Å². The average Bonchev–Trinajstić information content (AvgIpc) is 3.37. The lowest BCUT2D eigenvalue weighted by Gasteiger charge is -2.35. The van der Waals surface area contributed by atoms with Crippen LogP contribution >= 0.6 is 11.3 Å². The maximum Gasteiger partial charge on any atom is 0.227 e. The van der Waals surface area contributed by atoms with Gasteiger partial charge in [-0.1, -0.05) is 12.1 Å². The molecular weight excluding hydrogens is 388 g/mol. The van der Waals surface area contributed by atoms with Gasteiger partial charge in [0.05, 0.1) is 20.6 Å². The van der Waals surface area contributed by atoms with Crippen LogP contribution in [0, 0.1) is 5.92 Å². The van der Waals surface area contributed by atoms with Gasteiger partial charge in [0.2, 0.25) is 11.8 Å². The topological polar surface area (TPSA) is 59.1 Å². The largest absolute Gasteiger partial charge is 0.493 e. The Morgan fingerprint density at radius 2 is 1.76 bits per heavy atom. The normalized spacial score (nSPS) is 21.0. The Morgan fingerprint density at radius 1 is 1.03 bits per heavy atom. The molecule has 154 valence electrons. The Bertz CT molecular complexity index is 875. The summed E-state index contributed by atoms with van der Waals surface area (Å²) >= 11 is 1.73. The minimum atomic E-state index is 0.0761. The highest BCUT2D eigenvalue weighted by Crippen LogP contribution is 2.50. The van der Waals surface area contributed by atoms with Crippen LogP contribution in [0.2, 0.25) is 0 Å². The van der Waals surface area contributed by atoms with E-state index >= 15 is 0 Å². The van der Waals surface area contributed by atoms with E-state index in [1.807, 2.05) is 34.1 Å². The van der Waals surface area contributed by atoms with E-state index in [9.17, 15) is 9.59 Å². The highest BCUT2D eigenvalue weighted by atomic mass is 32.1. The van der Waals surface area contributed by atoms with Crippen molar-refractivity contribution in [2.24, 2.45) is 5.92 Å². The van der Waals surface area contributed by atoms with Gasteiger partial charge in [0, 0.05) is 42.9 Å². The highest BCUT2D eigenvalue weighted by Gasteiger charge is 2.46. The number of carbonyl (C=O) groups excluding carboxylic acids is 2. The Hall–Kier alpha value is -2.54. The number of amides is 2. The van der Waals surface area contributed by atoms with E-state index < -0.39 is 0 Å². The van der Waals surface area contributed by atoms with Gasteiger partial charge in [0.25, 0.3) is 0 Å². The zero-order valence-corrected chi connectivity index (χ0v) is 17.6.